The second-order valence-electron chi connectivity index (χ2n) is 7.48. The Balaban J connectivity index is 1.66. The average Bonchev–Trinajstić information content (AvgIpc) is 3.15. The Morgan fingerprint density at radius 2 is 2.15 bits per heavy atom. The van der Waals surface area contributed by atoms with Crippen LogP contribution < -0.4 is 4.74 Å². The van der Waals surface area contributed by atoms with Gasteiger partial charge >= 0.3 is 5.97 Å². The van der Waals surface area contributed by atoms with E-state index in [-0.39, 0.29) is 12.5 Å². The lowest BCUT2D eigenvalue weighted by atomic mass is 9.73. The number of aromatic nitrogens is 2. The molecule has 0 amide bonds. The number of hydrogen-bond donors (Lipinski definition) is 1. The van der Waals surface area contributed by atoms with E-state index in [0.29, 0.717) is 6.54 Å². The third-order valence-electron chi connectivity index (χ3n) is 6.03. The Bertz CT molecular complexity index is 860. The lowest BCUT2D eigenvalue weighted by Gasteiger charge is -2.35. The van der Waals surface area contributed by atoms with Gasteiger partial charge in [0.1, 0.15) is 17.8 Å². The summed E-state index contributed by atoms with van der Waals surface area (Å²) in [5.41, 5.74) is 3.54. The molecule has 1 N–H and O–H groups in total. The van der Waals surface area contributed by atoms with Gasteiger partial charge in [0.15, 0.2) is 0 Å². The van der Waals surface area contributed by atoms with Gasteiger partial charge in [-0.3, -0.25) is 14.4 Å². The van der Waals surface area contributed by atoms with Crippen molar-refractivity contribution in [2.75, 3.05) is 19.7 Å². The molecular formula is C20H25N3O3. The van der Waals surface area contributed by atoms with Crippen molar-refractivity contribution < 1.29 is 14.6 Å². The van der Waals surface area contributed by atoms with Crippen LogP contribution in [0.25, 0.3) is 0 Å². The van der Waals surface area contributed by atoms with Gasteiger partial charge < -0.3 is 9.84 Å². The molecule has 0 saturated carbocycles. The van der Waals surface area contributed by atoms with Gasteiger partial charge in [-0.25, -0.2) is 0 Å². The normalized spacial score (nSPS) is 24.8. The van der Waals surface area contributed by atoms with Crippen LogP contribution >= 0.6 is 0 Å². The maximum atomic E-state index is 12.2. The predicted octanol–water partition coefficient (Wildman–Crippen LogP) is 2.58. The molecule has 2 atom stereocenters. The van der Waals surface area contributed by atoms with E-state index in [1.165, 1.54) is 11.3 Å². The number of carboxylic acids is 1. The maximum absolute atomic E-state index is 12.2. The first-order valence-corrected chi connectivity index (χ1v) is 9.16. The average molecular weight is 355 g/mol. The van der Waals surface area contributed by atoms with Crippen LogP contribution in [0.1, 0.15) is 35.4 Å². The summed E-state index contributed by atoms with van der Waals surface area (Å²) in [4.78, 5) is 14.5. The van der Waals surface area contributed by atoms with Crippen LogP contribution in [0, 0.1) is 19.3 Å². The largest absolute Gasteiger partial charge is 0.492 e. The molecule has 0 spiro atoms. The monoisotopic (exact) mass is 355 g/mol. The maximum Gasteiger partial charge on any atom is 0.315 e. The highest BCUT2D eigenvalue weighted by molar-refractivity contribution is 5.78. The molecule has 1 aromatic carbocycles. The molecular weight excluding hydrogens is 330 g/mol. The number of para-hydroxylation sites is 1. The van der Waals surface area contributed by atoms with E-state index in [2.05, 4.69) is 23.8 Å². The van der Waals surface area contributed by atoms with E-state index < -0.39 is 11.4 Å². The van der Waals surface area contributed by atoms with Gasteiger partial charge in [-0.2, -0.15) is 5.10 Å². The summed E-state index contributed by atoms with van der Waals surface area (Å²) < 4.78 is 7.86. The topological polar surface area (TPSA) is 67.6 Å². The van der Waals surface area contributed by atoms with Crippen LogP contribution in [0.5, 0.6) is 5.75 Å². The van der Waals surface area contributed by atoms with Crippen molar-refractivity contribution in [2.24, 2.45) is 5.41 Å². The third kappa shape index (κ3) is 2.43. The van der Waals surface area contributed by atoms with Gasteiger partial charge in [0.2, 0.25) is 0 Å². The Kier molecular flexibility index (Phi) is 4.03. The van der Waals surface area contributed by atoms with Gasteiger partial charge in [-0.05, 0) is 32.4 Å². The van der Waals surface area contributed by atoms with Crippen LogP contribution in [0.15, 0.2) is 24.3 Å². The van der Waals surface area contributed by atoms with E-state index in [4.69, 9.17) is 4.74 Å². The quantitative estimate of drug-likeness (QED) is 0.913. The van der Waals surface area contributed by atoms with E-state index in [9.17, 15) is 9.90 Å². The molecule has 6 nitrogen and oxygen atoms in total. The number of carboxylic acid groups (broad SMARTS) is 1. The zero-order valence-corrected chi connectivity index (χ0v) is 15.5. The molecule has 2 aliphatic rings. The minimum Gasteiger partial charge on any atom is -0.492 e. The first-order chi connectivity index (χ1) is 12.5. The summed E-state index contributed by atoms with van der Waals surface area (Å²) in [5, 5.41) is 14.6. The SMILES string of the molecule is CCn1nc(C)c(CN2C[C@H]3c4ccccc4OC[C@@]3(C(=O)O)C2)c1C. The number of carbonyl (C=O) groups is 1. The lowest BCUT2D eigenvalue weighted by molar-refractivity contribution is -0.151. The molecule has 1 fully saturated rings. The smallest absolute Gasteiger partial charge is 0.315 e. The highest BCUT2D eigenvalue weighted by Gasteiger charge is 2.56. The van der Waals surface area contributed by atoms with Crippen molar-refractivity contribution in [3.63, 3.8) is 0 Å². The number of ether oxygens (including phenoxy) is 1. The second kappa shape index (κ2) is 6.13. The Morgan fingerprint density at radius 1 is 1.38 bits per heavy atom. The number of aryl methyl sites for hydroxylation is 2. The van der Waals surface area contributed by atoms with E-state index in [0.717, 1.165) is 36.6 Å². The standard InChI is InChI=1S/C20H25N3O3/c1-4-23-14(3)16(13(2)21-23)9-22-10-17-15-7-5-6-8-18(15)26-12-20(17,11-22)19(24)25/h5-8,17H,4,9-12H2,1-3H3,(H,24,25)/t17-,20-/m0/s1. The minimum atomic E-state index is -0.878. The summed E-state index contributed by atoms with van der Waals surface area (Å²) in [6.07, 6.45) is 0. The first kappa shape index (κ1) is 17.1. The number of hydrogen-bond acceptors (Lipinski definition) is 4. The molecule has 0 bridgehead atoms. The molecule has 2 aliphatic heterocycles. The zero-order chi connectivity index (χ0) is 18.5. The Labute approximate surface area is 153 Å². The van der Waals surface area contributed by atoms with Crippen molar-refractivity contribution in [1.29, 1.82) is 0 Å². The number of fused-ring (bicyclic) bond motifs is 3. The van der Waals surface area contributed by atoms with Gasteiger partial charge in [0.25, 0.3) is 0 Å². The van der Waals surface area contributed by atoms with E-state index in [1.807, 2.05) is 35.9 Å². The van der Waals surface area contributed by atoms with E-state index >= 15 is 0 Å². The van der Waals surface area contributed by atoms with Gasteiger partial charge in [-0.1, -0.05) is 18.2 Å². The second-order valence-corrected chi connectivity index (χ2v) is 7.48. The number of nitrogens with zero attached hydrogens (tertiary/aromatic N) is 3. The molecule has 4 rings (SSSR count). The van der Waals surface area contributed by atoms with Crippen LogP contribution in [0.3, 0.4) is 0 Å². The Hall–Kier alpha value is -2.34. The zero-order valence-electron chi connectivity index (χ0n) is 15.5. The first-order valence-electron chi connectivity index (χ1n) is 9.16. The molecule has 3 heterocycles. The Morgan fingerprint density at radius 3 is 2.85 bits per heavy atom. The summed E-state index contributed by atoms with van der Waals surface area (Å²) in [6.45, 7) is 9.23. The fraction of sp³-hybridized carbons (Fsp3) is 0.500. The van der Waals surface area contributed by atoms with Crippen molar-refractivity contribution >= 4 is 5.97 Å². The van der Waals surface area contributed by atoms with Gasteiger partial charge in [-0.15, -0.1) is 0 Å². The molecule has 26 heavy (non-hydrogen) atoms. The highest BCUT2D eigenvalue weighted by atomic mass is 16.5. The molecule has 138 valence electrons. The molecule has 1 aromatic heterocycles. The molecule has 6 heteroatoms. The molecule has 2 aromatic rings. The fourth-order valence-corrected chi connectivity index (χ4v) is 4.55. The molecule has 0 aliphatic carbocycles. The number of benzene rings is 1. The summed E-state index contributed by atoms with van der Waals surface area (Å²) in [6, 6.07) is 7.84. The van der Waals surface area contributed by atoms with Crippen LogP contribution in [-0.4, -0.2) is 45.5 Å². The summed E-state index contributed by atoms with van der Waals surface area (Å²) >= 11 is 0. The summed E-state index contributed by atoms with van der Waals surface area (Å²) in [5.74, 6) is 0.00590. The third-order valence-corrected chi connectivity index (χ3v) is 6.03. The number of rotatable bonds is 4. The van der Waals surface area contributed by atoms with Crippen molar-refractivity contribution in [1.82, 2.24) is 14.7 Å². The molecule has 1 saturated heterocycles. The summed E-state index contributed by atoms with van der Waals surface area (Å²) in [7, 11) is 0. The fourth-order valence-electron chi connectivity index (χ4n) is 4.55. The van der Waals surface area contributed by atoms with Crippen LogP contribution in [0.2, 0.25) is 0 Å². The predicted molar refractivity (Wildman–Crippen MR) is 97.4 cm³/mol. The van der Waals surface area contributed by atoms with Gasteiger partial charge in [0, 0.05) is 43.4 Å². The van der Waals surface area contributed by atoms with Crippen molar-refractivity contribution in [3.05, 3.63) is 46.8 Å². The van der Waals surface area contributed by atoms with Gasteiger partial charge in [0.05, 0.1) is 5.69 Å². The minimum absolute atomic E-state index is 0.0493. The van der Waals surface area contributed by atoms with E-state index in [1.54, 1.807) is 0 Å². The lowest BCUT2D eigenvalue weighted by Crippen LogP contribution is -2.45. The number of aliphatic carboxylic acids is 1. The van der Waals surface area contributed by atoms with Crippen LogP contribution in [0.4, 0.5) is 0 Å². The molecule has 0 radical (unpaired) electrons. The number of likely N-dealkylation sites (tertiary alicyclic amines) is 1. The van der Waals surface area contributed by atoms with Crippen LogP contribution in [-0.2, 0) is 17.9 Å². The van der Waals surface area contributed by atoms with Crippen molar-refractivity contribution in [3.8, 4) is 5.75 Å². The van der Waals surface area contributed by atoms with Crippen molar-refractivity contribution in [2.45, 2.75) is 39.8 Å². The molecule has 0 unspecified atom stereocenters. The highest BCUT2D eigenvalue weighted by Crippen LogP contribution is 2.50.